The average molecular weight is 387 g/mol. The van der Waals surface area contributed by atoms with Gasteiger partial charge in [-0.1, -0.05) is 23.4 Å². The number of halogens is 4. The van der Waals surface area contributed by atoms with Gasteiger partial charge in [0.05, 0.1) is 11.1 Å². The quantitative estimate of drug-likeness (QED) is 0.606. The number of carbonyl (C=O) groups is 1. The first-order valence-corrected chi connectivity index (χ1v) is 8.51. The van der Waals surface area contributed by atoms with Crippen LogP contribution in [0.25, 0.3) is 11.1 Å². The van der Waals surface area contributed by atoms with E-state index in [0.29, 0.717) is 22.0 Å². The van der Waals surface area contributed by atoms with Gasteiger partial charge >= 0.3 is 6.18 Å². The third-order valence-corrected chi connectivity index (χ3v) is 4.09. The largest absolute Gasteiger partial charge is 0.431 e. The molecule has 1 aromatic heterocycles. The molecule has 0 unspecified atom stereocenters. The van der Waals surface area contributed by atoms with Crippen LogP contribution in [0.3, 0.4) is 0 Å². The van der Waals surface area contributed by atoms with Crippen LogP contribution in [-0.4, -0.2) is 17.1 Å². The number of nitrogens with zero attached hydrogens (tertiary/aromatic N) is 1. The topological polar surface area (TPSA) is 55.1 Å². The zero-order valence-electron chi connectivity index (χ0n) is 12.6. The van der Waals surface area contributed by atoms with E-state index >= 15 is 0 Å². The van der Waals surface area contributed by atoms with Crippen molar-refractivity contribution in [1.29, 1.82) is 0 Å². The lowest BCUT2D eigenvalue weighted by Crippen LogP contribution is -2.18. The molecule has 0 saturated carbocycles. The van der Waals surface area contributed by atoms with Crippen molar-refractivity contribution in [3.8, 4) is 0 Å². The summed E-state index contributed by atoms with van der Waals surface area (Å²) in [5.41, 5.74) is -0.285. The van der Waals surface area contributed by atoms with Crippen molar-refractivity contribution in [2.24, 2.45) is 0 Å². The van der Waals surface area contributed by atoms with E-state index in [1.807, 2.05) is 0 Å². The van der Waals surface area contributed by atoms with Crippen LogP contribution < -0.4 is 5.32 Å². The number of hydrogen-bond acceptors (Lipinski definition) is 4. The van der Waals surface area contributed by atoms with Gasteiger partial charge < -0.3 is 9.73 Å². The number of anilines is 1. The van der Waals surface area contributed by atoms with Gasteiger partial charge in [-0.3, -0.25) is 4.79 Å². The van der Waals surface area contributed by atoms with Crippen molar-refractivity contribution in [2.45, 2.75) is 11.4 Å². The molecule has 3 rings (SSSR count). The SMILES string of the molecule is CSc1nc2cc(NC(=O)c3ccc(Cl)cc3C(F)(F)F)ccc2o1. The maximum atomic E-state index is 13.1. The fraction of sp³-hybridized carbons (Fsp3) is 0.125. The monoisotopic (exact) mass is 386 g/mol. The predicted octanol–water partition coefficient (Wildman–Crippen LogP) is 5.47. The Morgan fingerprint density at radius 1 is 1.24 bits per heavy atom. The van der Waals surface area contributed by atoms with Crippen molar-refractivity contribution < 1.29 is 22.4 Å². The highest BCUT2D eigenvalue weighted by molar-refractivity contribution is 7.98. The number of hydrogen-bond donors (Lipinski definition) is 1. The number of thioether (sulfide) groups is 1. The first kappa shape index (κ1) is 17.6. The highest BCUT2D eigenvalue weighted by atomic mass is 35.5. The fourth-order valence-corrected chi connectivity index (χ4v) is 2.75. The van der Waals surface area contributed by atoms with E-state index < -0.39 is 23.2 Å². The molecule has 0 bridgehead atoms. The molecule has 0 spiro atoms. The van der Waals surface area contributed by atoms with Gasteiger partial charge in [-0.05, 0) is 42.7 Å². The van der Waals surface area contributed by atoms with E-state index in [4.69, 9.17) is 16.0 Å². The van der Waals surface area contributed by atoms with Crippen LogP contribution in [0, 0.1) is 0 Å². The lowest BCUT2D eigenvalue weighted by molar-refractivity contribution is -0.137. The Bertz CT molecular complexity index is 956. The minimum Gasteiger partial charge on any atom is -0.431 e. The van der Waals surface area contributed by atoms with Crippen molar-refractivity contribution >= 4 is 46.1 Å². The first-order valence-electron chi connectivity index (χ1n) is 6.90. The fourth-order valence-electron chi connectivity index (χ4n) is 2.22. The third-order valence-electron chi connectivity index (χ3n) is 3.33. The summed E-state index contributed by atoms with van der Waals surface area (Å²) in [4.78, 5) is 16.5. The van der Waals surface area contributed by atoms with Gasteiger partial charge in [0.2, 0.25) is 0 Å². The number of fused-ring (bicyclic) bond motifs is 1. The molecule has 0 radical (unpaired) electrons. The van der Waals surface area contributed by atoms with E-state index in [9.17, 15) is 18.0 Å². The number of alkyl halides is 3. The van der Waals surface area contributed by atoms with Crippen LogP contribution in [0.1, 0.15) is 15.9 Å². The summed E-state index contributed by atoms with van der Waals surface area (Å²) in [5, 5.41) is 2.79. The predicted molar refractivity (Wildman–Crippen MR) is 90.2 cm³/mol. The molecule has 0 saturated heterocycles. The van der Waals surface area contributed by atoms with Crippen LogP contribution in [0.2, 0.25) is 5.02 Å². The lowest BCUT2D eigenvalue weighted by Gasteiger charge is -2.13. The van der Waals surface area contributed by atoms with Crippen LogP contribution in [0.5, 0.6) is 0 Å². The molecular weight excluding hydrogens is 377 g/mol. The molecule has 1 heterocycles. The number of carbonyl (C=O) groups excluding carboxylic acids is 1. The summed E-state index contributed by atoms with van der Waals surface area (Å²) in [5.74, 6) is -0.892. The van der Waals surface area contributed by atoms with Crippen molar-refractivity contribution in [2.75, 3.05) is 11.6 Å². The molecule has 0 aliphatic heterocycles. The van der Waals surface area contributed by atoms with Gasteiger partial charge in [0.15, 0.2) is 5.58 Å². The molecule has 4 nitrogen and oxygen atoms in total. The van der Waals surface area contributed by atoms with E-state index in [0.717, 1.165) is 12.1 Å². The van der Waals surface area contributed by atoms with Gasteiger partial charge in [-0.2, -0.15) is 13.2 Å². The summed E-state index contributed by atoms with van der Waals surface area (Å²) in [6.07, 6.45) is -2.90. The van der Waals surface area contributed by atoms with Crippen LogP contribution in [-0.2, 0) is 6.18 Å². The molecule has 1 amide bonds. The third kappa shape index (κ3) is 3.74. The number of aromatic nitrogens is 1. The van der Waals surface area contributed by atoms with Crippen molar-refractivity contribution in [3.05, 3.63) is 52.5 Å². The van der Waals surface area contributed by atoms with Gasteiger partial charge in [-0.25, -0.2) is 4.98 Å². The maximum Gasteiger partial charge on any atom is 0.417 e. The molecule has 9 heteroatoms. The maximum absolute atomic E-state index is 13.1. The van der Waals surface area contributed by atoms with Crippen LogP contribution >= 0.6 is 23.4 Å². The van der Waals surface area contributed by atoms with Gasteiger partial charge in [0.1, 0.15) is 5.52 Å². The number of oxazole rings is 1. The molecule has 2 aromatic carbocycles. The van der Waals surface area contributed by atoms with Crippen molar-refractivity contribution in [3.63, 3.8) is 0 Å². The average Bonchev–Trinajstić information content (AvgIpc) is 2.96. The number of benzene rings is 2. The van der Waals surface area contributed by atoms with Gasteiger partial charge in [0, 0.05) is 10.7 Å². The Hall–Kier alpha value is -2.19. The summed E-state index contributed by atoms with van der Waals surface area (Å²) >= 11 is 6.93. The molecular formula is C16H10ClF3N2O2S. The molecule has 0 fully saturated rings. The highest BCUT2D eigenvalue weighted by Gasteiger charge is 2.35. The summed E-state index contributed by atoms with van der Waals surface area (Å²) < 4.78 is 44.8. The van der Waals surface area contributed by atoms with Crippen LogP contribution in [0.4, 0.5) is 18.9 Å². The number of nitrogens with one attached hydrogen (secondary N) is 1. The summed E-state index contributed by atoms with van der Waals surface area (Å²) in [6, 6.07) is 7.64. The van der Waals surface area contributed by atoms with Gasteiger partial charge in [0.25, 0.3) is 11.1 Å². The number of amides is 1. The standard InChI is InChI=1S/C16H10ClF3N2O2S/c1-25-15-22-12-7-9(3-5-13(12)24-15)21-14(23)10-4-2-8(17)6-11(10)16(18,19)20/h2-7H,1H3,(H,21,23). The lowest BCUT2D eigenvalue weighted by atomic mass is 10.1. The van der Waals surface area contributed by atoms with E-state index in [1.165, 1.54) is 30.0 Å². The highest BCUT2D eigenvalue weighted by Crippen LogP contribution is 2.34. The van der Waals surface area contributed by atoms with E-state index in [-0.39, 0.29) is 5.02 Å². The minimum atomic E-state index is -4.69. The second-order valence-electron chi connectivity index (χ2n) is 5.01. The minimum absolute atomic E-state index is 0.0995. The van der Waals surface area contributed by atoms with Crippen LogP contribution in [0.15, 0.2) is 46.0 Å². The molecule has 0 aliphatic rings. The number of rotatable bonds is 3. The summed E-state index contributed by atoms with van der Waals surface area (Å²) in [6.45, 7) is 0. The zero-order valence-corrected chi connectivity index (χ0v) is 14.2. The molecule has 1 N–H and O–H groups in total. The molecule has 3 aromatic rings. The van der Waals surface area contributed by atoms with E-state index in [2.05, 4.69) is 10.3 Å². The first-order chi connectivity index (χ1) is 11.8. The van der Waals surface area contributed by atoms with E-state index in [1.54, 1.807) is 12.3 Å². The normalized spacial score (nSPS) is 11.7. The molecule has 0 aliphatic carbocycles. The molecule has 0 atom stereocenters. The Morgan fingerprint density at radius 2 is 2.00 bits per heavy atom. The Labute approximate surface area is 149 Å². The Kier molecular flexibility index (Phi) is 4.66. The second-order valence-corrected chi connectivity index (χ2v) is 6.20. The molecule has 25 heavy (non-hydrogen) atoms. The molecule has 130 valence electrons. The summed E-state index contributed by atoms with van der Waals surface area (Å²) in [7, 11) is 0. The zero-order chi connectivity index (χ0) is 18.2. The van der Waals surface area contributed by atoms with Crippen molar-refractivity contribution in [1.82, 2.24) is 4.98 Å². The Morgan fingerprint density at radius 3 is 2.68 bits per heavy atom. The van der Waals surface area contributed by atoms with Gasteiger partial charge in [-0.15, -0.1) is 0 Å². The second kappa shape index (κ2) is 6.61. The smallest absolute Gasteiger partial charge is 0.417 e. The Balaban J connectivity index is 1.92.